The van der Waals surface area contributed by atoms with Crippen LogP contribution in [0, 0.1) is 0 Å². The fourth-order valence-corrected chi connectivity index (χ4v) is 14.9. The maximum Gasteiger partial charge on any atom is 0.203 e. The van der Waals surface area contributed by atoms with Crippen LogP contribution in [0.25, 0.3) is 11.1 Å². The summed E-state index contributed by atoms with van der Waals surface area (Å²) >= 11 is 0. The van der Waals surface area contributed by atoms with Crippen LogP contribution in [0.15, 0.2) is 60.7 Å². The van der Waals surface area contributed by atoms with Crippen LogP contribution in [0.1, 0.15) is 0 Å². The number of methoxy groups -OCH3 is 18. The summed E-state index contributed by atoms with van der Waals surface area (Å²) in [5.41, 5.74) is -0.00204. The van der Waals surface area contributed by atoms with Crippen molar-refractivity contribution in [3.63, 3.8) is 0 Å². The molecule has 20 nitrogen and oxygen atoms in total. The molecule has 0 aliphatic rings. The average molecular weight is 1100 g/mol. The van der Waals surface area contributed by atoms with Crippen LogP contribution in [0.4, 0.5) is 0 Å². The summed E-state index contributed by atoms with van der Waals surface area (Å²) in [6.45, 7) is 0. The molecule has 0 aliphatic carbocycles. The second-order valence-electron chi connectivity index (χ2n) is 15.8. The van der Waals surface area contributed by atoms with Crippen molar-refractivity contribution in [3.05, 3.63) is 60.7 Å². The Bertz CT molecular complexity index is 2740. The van der Waals surface area contributed by atoms with Gasteiger partial charge in [0, 0.05) is 43.0 Å². The van der Waals surface area contributed by atoms with Gasteiger partial charge < -0.3 is 94.4 Å². The van der Waals surface area contributed by atoms with E-state index in [4.69, 9.17) is 85.3 Å². The van der Waals surface area contributed by atoms with Gasteiger partial charge in [0.05, 0.1) is 128 Å². The van der Waals surface area contributed by atoms with Crippen molar-refractivity contribution in [2.75, 3.05) is 128 Å². The highest BCUT2D eigenvalue weighted by molar-refractivity contribution is 7.86. The SMILES string of the molecule is COc1cc(P(=O)(c2cc(OC)c(OC)c(OC)c2)c2cc(OC)c(OC)c(OC)c2-c2c(P(=O)(c3cc(OC)c(OC)c(OC)c3)c3cc(OC)c(OC)c(OC)c3)cc(OC)c(OC)c2OC)cc(OC)c1OC. The number of hydrogen-bond acceptors (Lipinski definition) is 20. The molecule has 6 aromatic rings. The standard InChI is InChI=1S/C54H64O20P2/c1-57-33-19-29(20-34(58-2)47(33)67-11)75(55,30-21-35(59-3)48(68-12)36(22-30)60-4)43-27-41(65-9)51(71-15)53(73-17)45(43)46-44(28-42(66-10)52(72-16)54(46)74-18)76(56,31-23-37(61-5)49(69-13)38(24-31)62-6)32-25-39(63-7)50(70-14)40(26-32)64-8/h19-28H,1-18H3. The third-order valence-corrected chi connectivity index (χ3v) is 18.6. The molecule has 0 spiro atoms. The molecule has 0 saturated carbocycles. The summed E-state index contributed by atoms with van der Waals surface area (Å²) < 4.78 is 144. The molecule has 0 aromatic heterocycles. The maximum atomic E-state index is 18.0. The first-order chi connectivity index (χ1) is 36.6. The Labute approximate surface area is 442 Å². The molecular weight excluding hydrogens is 1030 g/mol. The smallest absolute Gasteiger partial charge is 0.203 e. The van der Waals surface area contributed by atoms with Crippen molar-refractivity contribution in [3.8, 4) is 115 Å². The molecule has 0 amide bonds. The lowest BCUT2D eigenvalue weighted by molar-refractivity contribution is 0.323. The molecule has 76 heavy (non-hydrogen) atoms. The fourth-order valence-electron chi connectivity index (χ4n) is 9.12. The van der Waals surface area contributed by atoms with Gasteiger partial charge in [-0.2, -0.15) is 0 Å². The first kappa shape index (κ1) is 57.5. The molecule has 0 aliphatic heterocycles. The summed E-state index contributed by atoms with van der Waals surface area (Å²) in [5, 5.41) is 0.434. The minimum atomic E-state index is -4.65. The van der Waals surface area contributed by atoms with E-state index in [2.05, 4.69) is 0 Å². The van der Waals surface area contributed by atoms with Crippen LogP contribution in [0.3, 0.4) is 0 Å². The van der Waals surface area contributed by atoms with Gasteiger partial charge in [-0.3, -0.25) is 0 Å². The Kier molecular flexibility index (Phi) is 18.3. The summed E-state index contributed by atoms with van der Waals surface area (Å²) in [7, 11) is 16.4. The Hall–Kier alpha value is -7.82. The molecule has 0 atom stereocenters. The molecular formula is C54H64O20P2. The quantitative estimate of drug-likeness (QED) is 0.0542. The highest BCUT2D eigenvalue weighted by Crippen LogP contribution is 2.61. The largest absolute Gasteiger partial charge is 0.493 e. The van der Waals surface area contributed by atoms with E-state index in [0.717, 1.165) is 0 Å². The lowest BCUT2D eigenvalue weighted by Crippen LogP contribution is -2.31. The van der Waals surface area contributed by atoms with Gasteiger partial charge in [0.1, 0.15) is 0 Å². The van der Waals surface area contributed by atoms with Gasteiger partial charge >= 0.3 is 0 Å². The van der Waals surface area contributed by atoms with Crippen LogP contribution >= 0.6 is 14.3 Å². The molecule has 0 bridgehead atoms. The predicted molar refractivity (Wildman–Crippen MR) is 289 cm³/mol. The topological polar surface area (TPSA) is 200 Å². The molecule has 0 unspecified atom stereocenters. The third kappa shape index (κ3) is 9.48. The van der Waals surface area contributed by atoms with Crippen LogP contribution in [-0.2, 0) is 9.13 Å². The molecule has 0 radical (unpaired) electrons. The van der Waals surface area contributed by atoms with Gasteiger partial charge in [0.15, 0.2) is 83.3 Å². The fraction of sp³-hybridized carbons (Fsp3) is 0.333. The minimum absolute atomic E-state index is 0.00102. The second kappa shape index (κ2) is 24.2. The number of benzene rings is 6. The van der Waals surface area contributed by atoms with E-state index in [1.807, 2.05) is 0 Å². The van der Waals surface area contributed by atoms with E-state index in [9.17, 15) is 0 Å². The zero-order valence-electron chi connectivity index (χ0n) is 45.8. The van der Waals surface area contributed by atoms with Gasteiger partial charge in [0.25, 0.3) is 0 Å². The maximum absolute atomic E-state index is 18.0. The highest BCUT2D eigenvalue weighted by atomic mass is 31.2. The number of rotatable bonds is 25. The number of ether oxygens (including phenoxy) is 18. The van der Waals surface area contributed by atoms with Crippen LogP contribution in [-0.4, -0.2) is 128 Å². The van der Waals surface area contributed by atoms with Crippen molar-refractivity contribution < 1.29 is 94.4 Å². The summed E-state index contributed by atoms with van der Waals surface area (Å²) in [4.78, 5) is 0. The van der Waals surface area contributed by atoms with E-state index in [1.165, 1.54) is 140 Å². The van der Waals surface area contributed by atoms with Crippen LogP contribution in [0.2, 0.25) is 0 Å². The monoisotopic (exact) mass is 1090 g/mol. The Balaban J connectivity index is 2.08. The average Bonchev–Trinajstić information content (AvgIpc) is 3.47. The molecule has 0 heterocycles. The molecule has 22 heteroatoms. The summed E-state index contributed by atoms with van der Waals surface area (Å²) in [6, 6.07) is 15.5. The number of hydrogen-bond donors (Lipinski definition) is 0. The Morgan fingerprint density at radius 1 is 0.211 bits per heavy atom. The lowest BCUT2D eigenvalue weighted by atomic mass is 10.0. The van der Waals surface area contributed by atoms with E-state index in [1.54, 1.807) is 48.5 Å². The van der Waals surface area contributed by atoms with Crippen molar-refractivity contribution >= 4 is 46.1 Å². The van der Waals surface area contributed by atoms with E-state index >= 15 is 9.13 Å². The third-order valence-electron chi connectivity index (χ3n) is 12.6. The lowest BCUT2D eigenvalue weighted by Gasteiger charge is -2.31. The molecule has 6 rings (SSSR count). The van der Waals surface area contributed by atoms with Gasteiger partial charge in [-0.25, -0.2) is 0 Å². The van der Waals surface area contributed by atoms with E-state index < -0.39 is 14.3 Å². The van der Waals surface area contributed by atoms with Crippen molar-refractivity contribution in [1.82, 2.24) is 0 Å². The minimum Gasteiger partial charge on any atom is -0.493 e. The van der Waals surface area contributed by atoms with Gasteiger partial charge in [-0.1, -0.05) is 0 Å². The normalized spacial score (nSPS) is 11.1. The van der Waals surface area contributed by atoms with Crippen LogP contribution in [0.5, 0.6) is 103 Å². The molecule has 6 aromatic carbocycles. The van der Waals surface area contributed by atoms with Gasteiger partial charge in [0.2, 0.25) is 34.5 Å². The first-order valence-corrected chi connectivity index (χ1v) is 26.2. The van der Waals surface area contributed by atoms with Gasteiger partial charge in [-0.05, 0) is 60.7 Å². The Morgan fingerprint density at radius 2 is 0.368 bits per heavy atom. The molecule has 0 saturated heterocycles. The zero-order valence-corrected chi connectivity index (χ0v) is 47.6. The van der Waals surface area contributed by atoms with Gasteiger partial charge in [-0.15, -0.1) is 0 Å². The second-order valence-corrected chi connectivity index (χ2v) is 21.3. The van der Waals surface area contributed by atoms with Crippen molar-refractivity contribution in [2.24, 2.45) is 0 Å². The molecule has 410 valence electrons. The highest BCUT2D eigenvalue weighted by Gasteiger charge is 2.45. The van der Waals surface area contributed by atoms with Crippen molar-refractivity contribution in [1.29, 1.82) is 0 Å². The summed E-state index contributed by atoms with van der Waals surface area (Å²) in [6.07, 6.45) is 0. The zero-order chi connectivity index (χ0) is 55.8. The van der Waals surface area contributed by atoms with E-state index in [-0.39, 0.29) is 146 Å². The molecule has 0 fully saturated rings. The van der Waals surface area contributed by atoms with E-state index in [0.29, 0.717) is 0 Å². The van der Waals surface area contributed by atoms with Crippen molar-refractivity contribution in [2.45, 2.75) is 0 Å². The summed E-state index contributed by atoms with van der Waals surface area (Å²) in [5.74, 6) is 2.08. The Morgan fingerprint density at radius 3 is 0.513 bits per heavy atom. The van der Waals surface area contributed by atoms with Crippen LogP contribution < -0.4 is 117 Å². The first-order valence-electron chi connectivity index (χ1n) is 22.8. The predicted octanol–water partition coefficient (Wildman–Crippen LogP) is 6.79. The molecule has 0 N–H and O–H groups in total.